The maximum absolute atomic E-state index is 9.68. The van der Waals surface area contributed by atoms with Gasteiger partial charge in [-0.3, -0.25) is 4.90 Å². The van der Waals surface area contributed by atoms with Crippen molar-refractivity contribution >= 4 is 17.4 Å². The summed E-state index contributed by atoms with van der Waals surface area (Å²) in [6, 6.07) is 0.905. The zero-order chi connectivity index (χ0) is 15.9. The van der Waals surface area contributed by atoms with Crippen molar-refractivity contribution in [2.24, 2.45) is 5.73 Å². The number of nitrogens with one attached hydrogen (secondary N) is 1. The van der Waals surface area contributed by atoms with E-state index in [0.29, 0.717) is 17.4 Å². The molecule has 2 saturated heterocycles. The van der Waals surface area contributed by atoms with Gasteiger partial charge < -0.3 is 16.2 Å². The number of hydrogen-bond donors (Lipinski definition) is 3. The summed E-state index contributed by atoms with van der Waals surface area (Å²) in [4.78, 5) is 10.7. The molecule has 0 bridgehead atoms. The van der Waals surface area contributed by atoms with E-state index in [1.165, 1.54) is 25.6 Å². The van der Waals surface area contributed by atoms with Gasteiger partial charge >= 0.3 is 0 Å². The number of nitrogens with two attached hydrogens (primary N) is 1. The number of rotatable bonds is 3. The Morgan fingerprint density at radius 3 is 3.05 bits per heavy atom. The molecule has 7 heteroatoms. The van der Waals surface area contributed by atoms with E-state index in [1.54, 1.807) is 0 Å². The van der Waals surface area contributed by atoms with Crippen LogP contribution in [0.3, 0.4) is 0 Å². The van der Waals surface area contributed by atoms with Crippen LogP contribution in [0.4, 0.5) is 5.82 Å². The predicted octanol–water partition coefficient (Wildman–Crippen LogP) is 1.90. The van der Waals surface area contributed by atoms with Crippen LogP contribution in [-0.2, 0) is 0 Å². The van der Waals surface area contributed by atoms with Crippen LogP contribution >= 0.6 is 11.6 Å². The molecule has 3 unspecified atom stereocenters. The number of aromatic nitrogens is 2. The van der Waals surface area contributed by atoms with Gasteiger partial charge in [0.05, 0.1) is 5.56 Å². The van der Waals surface area contributed by atoms with Crippen LogP contribution in [0, 0.1) is 0 Å². The molecule has 6 nitrogen and oxygen atoms in total. The maximum atomic E-state index is 9.68. The Labute approximate surface area is 136 Å². The number of aliphatic hydroxyl groups excluding tert-OH is 1. The van der Waals surface area contributed by atoms with Crippen LogP contribution in [0.2, 0.25) is 5.28 Å². The quantitative estimate of drug-likeness (QED) is 0.581. The Balaban J connectivity index is 1.80. The van der Waals surface area contributed by atoms with E-state index >= 15 is 0 Å². The Kier molecular flexibility index (Phi) is 4.29. The summed E-state index contributed by atoms with van der Waals surface area (Å²) in [6.07, 6.45) is 4.99. The molecule has 0 aliphatic carbocycles. The molecular weight excluding hydrogens is 302 g/mol. The Bertz CT molecular complexity index is 551. The summed E-state index contributed by atoms with van der Waals surface area (Å²) in [6.45, 7) is 5.78. The summed E-state index contributed by atoms with van der Waals surface area (Å²) in [5, 5.41) is 13.3. The lowest BCUT2D eigenvalue weighted by Crippen LogP contribution is -2.55. The predicted molar refractivity (Wildman–Crippen MR) is 86.6 cm³/mol. The van der Waals surface area contributed by atoms with Crippen molar-refractivity contribution in [2.45, 2.75) is 63.4 Å². The molecular formula is C15H24ClN5O. The molecule has 1 aromatic rings. The molecule has 2 aliphatic rings. The average Bonchev–Trinajstić information content (AvgIpc) is 2.87. The standard InChI is InChI=1S/C15H24ClN5O/c1-15(2)7-9(6-10-4-3-5-21(10)15)19-13-11(12(17)22)8-18-14(16)20-13/h8-10,12,22H,3-7,17H2,1-2H3,(H,18,19,20). The van der Waals surface area contributed by atoms with E-state index in [1.807, 2.05) is 0 Å². The fourth-order valence-electron chi connectivity index (χ4n) is 4.01. The number of hydrogen-bond acceptors (Lipinski definition) is 6. The molecule has 0 spiro atoms. The first-order valence-electron chi connectivity index (χ1n) is 7.86. The first kappa shape index (κ1) is 15.9. The van der Waals surface area contributed by atoms with E-state index in [4.69, 9.17) is 17.3 Å². The number of fused-ring (bicyclic) bond motifs is 1. The molecule has 0 saturated carbocycles. The number of anilines is 1. The van der Waals surface area contributed by atoms with Gasteiger partial charge in [0.25, 0.3) is 0 Å². The second-order valence-corrected chi connectivity index (χ2v) is 7.31. The van der Waals surface area contributed by atoms with E-state index in [-0.39, 0.29) is 16.9 Å². The molecule has 2 fully saturated rings. The monoisotopic (exact) mass is 325 g/mol. The number of nitrogens with zero attached hydrogens (tertiary/aromatic N) is 3. The van der Waals surface area contributed by atoms with Crippen LogP contribution in [0.15, 0.2) is 6.20 Å². The molecule has 1 aromatic heterocycles. The molecule has 122 valence electrons. The fourth-order valence-corrected chi connectivity index (χ4v) is 4.15. The molecule has 3 heterocycles. The van der Waals surface area contributed by atoms with Crippen LogP contribution in [0.1, 0.15) is 51.3 Å². The lowest BCUT2D eigenvalue weighted by molar-refractivity contribution is 0.0500. The van der Waals surface area contributed by atoms with Gasteiger partial charge in [-0.25, -0.2) is 9.97 Å². The topological polar surface area (TPSA) is 87.3 Å². The molecule has 0 aromatic carbocycles. The van der Waals surface area contributed by atoms with Gasteiger partial charge in [-0.1, -0.05) is 0 Å². The summed E-state index contributed by atoms with van der Waals surface area (Å²) in [5.41, 5.74) is 6.24. The van der Waals surface area contributed by atoms with Gasteiger partial charge in [0.1, 0.15) is 12.0 Å². The van der Waals surface area contributed by atoms with Crippen molar-refractivity contribution in [3.8, 4) is 0 Å². The number of piperidine rings is 1. The minimum Gasteiger partial charge on any atom is -0.374 e. The highest BCUT2D eigenvalue weighted by Crippen LogP contribution is 2.38. The van der Waals surface area contributed by atoms with E-state index in [9.17, 15) is 5.11 Å². The second-order valence-electron chi connectivity index (χ2n) is 6.97. The van der Waals surface area contributed by atoms with Crippen LogP contribution in [-0.4, -0.2) is 44.1 Å². The van der Waals surface area contributed by atoms with Gasteiger partial charge in [0.15, 0.2) is 0 Å². The molecule has 3 rings (SSSR count). The van der Waals surface area contributed by atoms with Gasteiger partial charge in [-0.05, 0) is 57.7 Å². The van der Waals surface area contributed by atoms with Gasteiger partial charge in [0.2, 0.25) is 5.28 Å². The largest absolute Gasteiger partial charge is 0.374 e. The average molecular weight is 326 g/mol. The molecule has 22 heavy (non-hydrogen) atoms. The summed E-state index contributed by atoms with van der Waals surface area (Å²) >= 11 is 5.89. The lowest BCUT2D eigenvalue weighted by Gasteiger charge is -2.48. The highest BCUT2D eigenvalue weighted by atomic mass is 35.5. The van der Waals surface area contributed by atoms with Crippen molar-refractivity contribution in [2.75, 3.05) is 11.9 Å². The SMILES string of the molecule is CC1(C)CC(Nc2nc(Cl)ncc2C(N)O)CC2CCCN21. The Morgan fingerprint density at radius 2 is 2.32 bits per heavy atom. The van der Waals surface area contributed by atoms with E-state index in [2.05, 4.69) is 34.0 Å². The zero-order valence-corrected chi connectivity index (χ0v) is 13.8. The molecule has 3 atom stereocenters. The zero-order valence-electron chi connectivity index (χ0n) is 13.1. The summed E-state index contributed by atoms with van der Waals surface area (Å²) in [5.74, 6) is 0.544. The van der Waals surface area contributed by atoms with E-state index in [0.717, 1.165) is 12.8 Å². The Hall–Kier alpha value is -0.950. The van der Waals surface area contributed by atoms with Gasteiger partial charge in [-0.15, -0.1) is 0 Å². The molecule has 2 aliphatic heterocycles. The summed E-state index contributed by atoms with van der Waals surface area (Å²) in [7, 11) is 0. The second kappa shape index (κ2) is 5.92. The van der Waals surface area contributed by atoms with Crippen molar-refractivity contribution in [3.05, 3.63) is 17.0 Å². The number of aliphatic hydroxyl groups is 1. The number of halogens is 1. The fraction of sp³-hybridized carbons (Fsp3) is 0.733. The highest BCUT2D eigenvalue weighted by Gasteiger charge is 2.43. The lowest BCUT2D eigenvalue weighted by atomic mass is 9.84. The minimum absolute atomic E-state index is 0.157. The smallest absolute Gasteiger partial charge is 0.224 e. The first-order valence-corrected chi connectivity index (χ1v) is 8.24. The molecule has 0 amide bonds. The first-order chi connectivity index (χ1) is 10.4. The van der Waals surface area contributed by atoms with Crippen molar-refractivity contribution in [1.29, 1.82) is 0 Å². The minimum atomic E-state index is -1.11. The normalized spacial score (nSPS) is 29.1. The third-order valence-corrected chi connectivity index (χ3v) is 5.09. The van der Waals surface area contributed by atoms with Crippen LogP contribution in [0.5, 0.6) is 0 Å². The van der Waals surface area contributed by atoms with E-state index < -0.39 is 6.23 Å². The summed E-state index contributed by atoms with van der Waals surface area (Å²) < 4.78 is 0. The third-order valence-electron chi connectivity index (χ3n) is 4.90. The maximum Gasteiger partial charge on any atom is 0.224 e. The van der Waals surface area contributed by atoms with Gasteiger partial charge in [0, 0.05) is 23.8 Å². The van der Waals surface area contributed by atoms with Crippen molar-refractivity contribution < 1.29 is 5.11 Å². The third kappa shape index (κ3) is 3.06. The van der Waals surface area contributed by atoms with Crippen molar-refractivity contribution in [3.63, 3.8) is 0 Å². The Morgan fingerprint density at radius 1 is 1.55 bits per heavy atom. The van der Waals surface area contributed by atoms with Crippen LogP contribution in [0.25, 0.3) is 0 Å². The van der Waals surface area contributed by atoms with Crippen LogP contribution < -0.4 is 11.1 Å². The van der Waals surface area contributed by atoms with Gasteiger partial charge in [-0.2, -0.15) is 0 Å². The molecule has 4 N–H and O–H groups in total. The molecule has 0 radical (unpaired) electrons. The van der Waals surface area contributed by atoms with Crippen molar-refractivity contribution in [1.82, 2.24) is 14.9 Å². The highest BCUT2D eigenvalue weighted by molar-refractivity contribution is 6.28.